The van der Waals surface area contributed by atoms with Crippen LogP contribution >= 0.6 is 15.9 Å². The third-order valence-corrected chi connectivity index (χ3v) is 4.59. The monoisotopic (exact) mass is 341 g/mol. The van der Waals surface area contributed by atoms with E-state index < -0.39 is 23.7 Å². The van der Waals surface area contributed by atoms with E-state index in [1.54, 1.807) is 11.0 Å². The van der Waals surface area contributed by atoms with Gasteiger partial charge in [-0.1, -0.05) is 22.0 Å². The number of amides is 1. The zero-order valence-corrected chi connectivity index (χ0v) is 12.1. The van der Waals surface area contributed by atoms with Crippen molar-refractivity contribution in [3.63, 3.8) is 0 Å². The van der Waals surface area contributed by atoms with Crippen LogP contribution in [0, 0.1) is 11.7 Å². The van der Waals surface area contributed by atoms with Crippen molar-refractivity contribution in [3.05, 3.63) is 34.1 Å². The molecule has 1 aromatic rings. The van der Waals surface area contributed by atoms with Gasteiger partial charge in [0, 0.05) is 16.9 Å². The quantitative estimate of drug-likeness (QED) is 0.919. The van der Waals surface area contributed by atoms with Crippen molar-refractivity contribution < 1.29 is 19.1 Å². The SMILES string of the molecule is O=C(O)C1CC(=O)N(C2CC2)C1c1ccc(F)cc1Br. The molecule has 1 aliphatic heterocycles. The molecule has 1 heterocycles. The van der Waals surface area contributed by atoms with Crippen LogP contribution in [0.3, 0.4) is 0 Å². The molecule has 1 aromatic carbocycles. The zero-order chi connectivity index (χ0) is 14.4. The Morgan fingerprint density at radius 3 is 2.65 bits per heavy atom. The second-order valence-electron chi connectivity index (χ2n) is 5.29. The van der Waals surface area contributed by atoms with Gasteiger partial charge < -0.3 is 10.0 Å². The van der Waals surface area contributed by atoms with Crippen molar-refractivity contribution in [2.75, 3.05) is 0 Å². The fraction of sp³-hybridized carbons (Fsp3) is 0.429. The van der Waals surface area contributed by atoms with Crippen molar-refractivity contribution in [1.29, 1.82) is 0 Å². The molecule has 2 aliphatic rings. The van der Waals surface area contributed by atoms with Gasteiger partial charge in [-0.3, -0.25) is 9.59 Å². The van der Waals surface area contributed by atoms with Crippen LogP contribution in [0.5, 0.6) is 0 Å². The summed E-state index contributed by atoms with van der Waals surface area (Å²) >= 11 is 3.28. The number of carboxylic acid groups (broad SMARTS) is 1. The van der Waals surface area contributed by atoms with E-state index in [4.69, 9.17) is 0 Å². The molecule has 1 saturated heterocycles. The maximum absolute atomic E-state index is 13.2. The largest absolute Gasteiger partial charge is 0.481 e. The number of likely N-dealkylation sites (tertiary alicyclic amines) is 1. The first-order valence-electron chi connectivity index (χ1n) is 6.48. The van der Waals surface area contributed by atoms with E-state index in [2.05, 4.69) is 15.9 Å². The molecule has 1 amide bonds. The lowest BCUT2D eigenvalue weighted by molar-refractivity contribution is -0.142. The molecule has 20 heavy (non-hydrogen) atoms. The summed E-state index contributed by atoms with van der Waals surface area (Å²) in [6, 6.07) is 3.79. The third kappa shape index (κ3) is 2.22. The minimum absolute atomic E-state index is 0.0142. The van der Waals surface area contributed by atoms with E-state index in [-0.39, 0.29) is 18.4 Å². The fourth-order valence-electron chi connectivity index (χ4n) is 2.87. The van der Waals surface area contributed by atoms with Crippen molar-refractivity contribution in [2.45, 2.75) is 31.3 Å². The van der Waals surface area contributed by atoms with E-state index in [0.717, 1.165) is 12.8 Å². The minimum Gasteiger partial charge on any atom is -0.481 e. The van der Waals surface area contributed by atoms with Gasteiger partial charge in [-0.25, -0.2) is 4.39 Å². The van der Waals surface area contributed by atoms with Crippen molar-refractivity contribution in [2.24, 2.45) is 5.92 Å². The van der Waals surface area contributed by atoms with E-state index in [1.165, 1.54) is 12.1 Å². The Labute approximate surface area is 123 Å². The van der Waals surface area contributed by atoms with Gasteiger partial charge in [0.2, 0.25) is 5.91 Å². The van der Waals surface area contributed by atoms with Gasteiger partial charge >= 0.3 is 5.97 Å². The number of rotatable bonds is 3. The number of hydrogen-bond donors (Lipinski definition) is 1. The van der Waals surface area contributed by atoms with Crippen molar-refractivity contribution >= 4 is 27.8 Å². The van der Waals surface area contributed by atoms with E-state index in [1.807, 2.05) is 0 Å². The highest BCUT2D eigenvalue weighted by Crippen LogP contribution is 2.46. The molecule has 4 nitrogen and oxygen atoms in total. The van der Waals surface area contributed by atoms with Crippen LogP contribution < -0.4 is 0 Å². The van der Waals surface area contributed by atoms with Gasteiger partial charge in [0.15, 0.2) is 0 Å². The molecule has 1 aliphatic carbocycles. The normalized spacial score (nSPS) is 26.1. The summed E-state index contributed by atoms with van der Waals surface area (Å²) in [5.41, 5.74) is 0.663. The molecule has 106 valence electrons. The number of halogens is 2. The molecule has 3 rings (SSSR count). The Kier molecular flexibility index (Phi) is 3.28. The molecule has 1 N–H and O–H groups in total. The number of carbonyl (C=O) groups is 2. The predicted molar refractivity (Wildman–Crippen MR) is 72.5 cm³/mol. The van der Waals surface area contributed by atoms with Crippen LogP contribution in [0.15, 0.2) is 22.7 Å². The number of benzene rings is 1. The Morgan fingerprint density at radius 2 is 2.10 bits per heavy atom. The first-order chi connectivity index (χ1) is 9.49. The summed E-state index contributed by atoms with van der Waals surface area (Å²) in [6.07, 6.45) is 1.83. The summed E-state index contributed by atoms with van der Waals surface area (Å²) in [5, 5.41) is 9.36. The first-order valence-corrected chi connectivity index (χ1v) is 7.27. The Bertz CT molecular complexity index is 588. The van der Waals surface area contributed by atoms with Gasteiger partial charge in [0.1, 0.15) is 5.82 Å². The van der Waals surface area contributed by atoms with Crippen LogP contribution in [-0.2, 0) is 9.59 Å². The molecule has 0 spiro atoms. The number of hydrogen-bond acceptors (Lipinski definition) is 2. The summed E-state index contributed by atoms with van der Waals surface area (Å²) in [5.74, 6) is -2.27. The zero-order valence-electron chi connectivity index (χ0n) is 10.6. The third-order valence-electron chi connectivity index (χ3n) is 3.90. The molecule has 2 unspecified atom stereocenters. The maximum Gasteiger partial charge on any atom is 0.309 e. The summed E-state index contributed by atoms with van der Waals surface area (Å²) in [4.78, 5) is 25.2. The molecule has 1 saturated carbocycles. The van der Waals surface area contributed by atoms with E-state index >= 15 is 0 Å². The second-order valence-corrected chi connectivity index (χ2v) is 6.15. The maximum atomic E-state index is 13.2. The summed E-state index contributed by atoms with van der Waals surface area (Å²) < 4.78 is 13.7. The number of carbonyl (C=O) groups excluding carboxylic acids is 1. The van der Waals surface area contributed by atoms with Gasteiger partial charge in [0.25, 0.3) is 0 Å². The predicted octanol–water partition coefficient (Wildman–Crippen LogP) is 2.72. The van der Waals surface area contributed by atoms with E-state index in [0.29, 0.717) is 10.0 Å². The Hall–Kier alpha value is -1.43. The molecule has 6 heteroatoms. The van der Waals surface area contributed by atoms with E-state index in [9.17, 15) is 19.1 Å². The Balaban J connectivity index is 2.05. The topological polar surface area (TPSA) is 57.6 Å². The van der Waals surface area contributed by atoms with Crippen molar-refractivity contribution in [3.8, 4) is 0 Å². The van der Waals surface area contributed by atoms with Crippen LogP contribution in [0.4, 0.5) is 4.39 Å². The lowest BCUT2D eigenvalue weighted by atomic mass is 9.93. The van der Waals surface area contributed by atoms with Crippen LogP contribution in [0.2, 0.25) is 0 Å². The molecule has 2 fully saturated rings. The van der Waals surface area contributed by atoms with Gasteiger partial charge in [-0.2, -0.15) is 0 Å². The highest BCUT2D eigenvalue weighted by atomic mass is 79.9. The van der Waals surface area contributed by atoms with Crippen LogP contribution in [0.25, 0.3) is 0 Å². The molecule has 0 bridgehead atoms. The average Bonchev–Trinajstić information content (AvgIpc) is 3.13. The average molecular weight is 342 g/mol. The smallest absolute Gasteiger partial charge is 0.309 e. The lowest BCUT2D eigenvalue weighted by Crippen LogP contribution is -2.32. The highest BCUT2D eigenvalue weighted by molar-refractivity contribution is 9.10. The summed E-state index contributed by atoms with van der Waals surface area (Å²) in [7, 11) is 0. The summed E-state index contributed by atoms with van der Waals surface area (Å²) in [6.45, 7) is 0. The standard InChI is InChI=1S/C14H13BrFNO3/c15-11-5-7(16)1-4-9(11)13-10(14(19)20)6-12(18)17(13)8-2-3-8/h1,4-5,8,10,13H,2-3,6H2,(H,19,20). The minimum atomic E-state index is -0.984. The van der Waals surface area contributed by atoms with Gasteiger partial charge in [-0.05, 0) is 30.5 Å². The first kappa shape index (κ1) is 13.5. The molecule has 0 radical (unpaired) electrons. The van der Waals surface area contributed by atoms with Crippen LogP contribution in [-0.4, -0.2) is 27.9 Å². The van der Waals surface area contributed by atoms with Crippen LogP contribution in [0.1, 0.15) is 30.9 Å². The number of nitrogens with zero attached hydrogens (tertiary/aromatic N) is 1. The molecular formula is C14H13BrFNO3. The van der Waals surface area contributed by atoms with Crippen molar-refractivity contribution in [1.82, 2.24) is 4.90 Å². The fourth-order valence-corrected chi connectivity index (χ4v) is 3.45. The highest BCUT2D eigenvalue weighted by Gasteiger charge is 2.50. The van der Waals surface area contributed by atoms with Gasteiger partial charge in [0.05, 0.1) is 12.0 Å². The number of carboxylic acids is 1. The van der Waals surface area contributed by atoms with Gasteiger partial charge in [-0.15, -0.1) is 0 Å². The number of aliphatic carboxylic acids is 1. The Morgan fingerprint density at radius 1 is 1.40 bits per heavy atom. The molecule has 0 aromatic heterocycles. The molecule has 2 atom stereocenters. The molecular weight excluding hydrogens is 329 g/mol. The lowest BCUT2D eigenvalue weighted by Gasteiger charge is -2.28. The second kappa shape index (κ2) is 4.84.